The average molecular weight is 463 g/mol. The first-order valence-electron chi connectivity index (χ1n) is 9.73. The van der Waals surface area contributed by atoms with Crippen LogP contribution in [-0.2, 0) is 24.2 Å². The highest BCUT2D eigenvalue weighted by Gasteiger charge is 2.30. The zero-order valence-electron chi connectivity index (χ0n) is 17.5. The van der Waals surface area contributed by atoms with E-state index in [0.29, 0.717) is 31.9 Å². The minimum absolute atomic E-state index is 0.258. The highest BCUT2D eigenvalue weighted by Crippen LogP contribution is 2.26. The first-order valence-corrected chi connectivity index (χ1v) is 10.5. The number of nitrogens with zero attached hydrogens (tertiary/aromatic N) is 3. The second-order valence-electron chi connectivity index (χ2n) is 8.09. The van der Waals surface area contributed by atoms with Gasteiger partial charge in [0.05, 0.1) is 12.2 Å². The van der Waals surface area contributed by atoms with Gasteiger partial charge in [0.1, 0.15) is 5.60 Å². The largest absolute Gasteiger partial charge is 0.444 e. The third-order valence-corrected chi connectivity index (χ3v) is 5.66. The maximum absolute atomic E-state index is 13.0. The number of halogens is 1. The van der Waals surface area contributed by atoms with E-state index in [1.165, 1.54) is 0 Å². The van der Waals surface area contributed by atoms with Crippen molar-refractivity contribution in [3.63, 3.8) is 0 Å². The molecule has 2 aromatic rings. The lowest BCUT2D eigenvalue weighted by Gasteiger charge is -2.29. The van der Waals surface area contributed by atoms with Gasteiger partial charge in [0.25, 0.3) is 5.91 Å². The van der Waals surface area contributed by atoms with Crippen LogP contribution in [0.25, 0.3) is 0 Å². The van der Waals surface area contributed by atoms with Gasteiger partial charge in [-0.15, -0.1) is 0 Å². The summed E-state index contributed by atoms with van der Waals surface area (Å²) in [5.74, 6) is 0.106. The van der Waals surface area contributed by atoms with E-state index >= 15 is 0 Å². The van der Waals surface area contributed by atoms with Crippen molar-refractivity contribution in [2.45, 2.75) is 59.7 Å². The van der Waals surface area contributed by atoms with Gasteiger partial charge in [-0.1, -0.05) is 22.0 Å². The Labute approximate surface area is 179 Å². The van der Waals surface area contributed by atoms with Crippen LogP contribution in [0.15, 0.2) is 22.7 Å². The second-order valence-corrected chi connectivity index (χ2v) is 8.95. The number of rotatable bonds is 3. The Balaban J connectivity index is 1.83. The number of benzene rings is 1. The number of ether oxygens (including phenoxy) is 1. The number of nitrogens with one attached hydrogen (secondary N) is 1. The van der Waals surface area contributed by atoms with E-state index in [9.17, 15) is 9.59 Å². The normalized spacial score (nSPS) is 13.8. The Morgan fingerprint density at radius 1 is 1.31 bits per heavy atom. The van der Waals surface area contributed by atoms with Crippen molar-refractivity contribution in [3.8, 4) is 0 Å². The van der Waals surface area contributed by atoms with E-state index in [2.05, 4.69) is 26.2 Å². The van der Waals surface area contributed by atoms with Gasteiger partial charge in [0, 0.05) is 35.4 Å². The van der Waals surface area contributed by atoms with Crippen molar-refractivity contribution >= 4 is 33.6 Å². The van der Waals surface area contributed by atoms with Gasteiger partial charge in [-0.25, -0.2) is 9.78 Å². The van der Waals surface area contributed by atoms with E-state index in [1.807, 2.05) is 57.4 Å². The number of fused-ring (bicyclic) bond motifs is 1. The molecule has 0 atom stereocenters. The van der Waals surface area contributed by atoms with E-state index in [4.69, 9.17) is 4.74 Å². The Kier molecular flexibility index (Phi) is 6.03. The van der Waals surface area contributed by atoms with Crippen molar-refractivity contribution in [1.82, 2.24) is 14.5 Å². The highest BCUT2D eigenvalue weighted by atomic mass is 79.9. The monoisotopic (exact) mass is 462 g/mol. The summed E-state index contributed by atoms with van der Waals surface area (Å²) in [4.78, 5) is 31.6. The SMILES string of the molecule is CCn1c(C(=O)Nc2cccc(Br)c2C)nc2c1CCN(C(=O)OC(C)(C)C)C2. The van der Waals surface area contributed by atoms with Crippen molar-refractivity contribution < 1.29 is 14.3 Å². The lowest BCUT2D eigenvalue weighted by Crippen LogP contribution is -2.40. The summed E-state index contributed by atoms with van der Waals surface area (Å²) in [6, 6.07) is 5.67. The lowest BCUT2D eigenvalue weighted by molar-refractivity contribution is 0.0220. The first-order chi connectivity index (χ1) is 13.6. The molecule has 1 aromatic carbocycles. The smallest absolute Gasteiger partial charge is 0.410 e. The number of imidazole rings is 1. The molecule has 1 aromatic heterocycles. The number of aromatic nitrogens is 2. The maximum Gasteiger partial charge on any atom is 0.410 e. The fourth-order valence-electron chi connectivity index (χ4n) is 3.36. The van der Waals surface area contributed by atoms with Crippen molar-refractivity contribution in [3.05, 3.63) is 45.4 Å². The fourth-order valence-corrected chi connectivity index (χ4v) is 3.73. The quantitative estimate of drug-likeness (QED) is 0.727. The Morgan fingerprint density at radius 2 is 2.03 bits per heavy atom. The van der Waals surface area contributed by atoms with Gasteiger partial charge in [0.15, 0.2) is 5.82 Å². The topological polar surface area (TPSA) is 76.5 Å². The molecule has 0 fully saturated rings. The van der Waals surface area contributed by atoms with E-state index in [-0.39, 0.29) is 12.0 Å². The molecular formula is C21H27BrN4O3. The van der Waals surface area contributed by atoms with Gasteiger partial charge in [-0.05, 0) is 52.3 Å². The summed E-state index contributed by atoms with van der Waals surface area (Å²) >= 11 is 3.49. The third-order valence-electron chi connectivity index (χ3n) is 4.80. The number of amides is 2. The predicted octanol–water partition coefficient (Wildman–Crippen LogP) is 4.52. The molecule has 0 spiro atoms. The first kappa shape index (κ1) is 21.4. The van der Waals surface area contributed by atoms with E-state index in [1.54, 1.807) is 4.90 Å². The molecule has 0 saturated heterocycles. The van der Waals surface area contributed by atoms with Crippen LogP contribution in [0, 0.1) is 6.92 Å². The summed E-state index contributed by atoms with van der Waals surface area (Å²) in [6.45, 7) is 11.0. The van der Waals surface area contributed by atoms with E-state index in [0.717, 1.165) is 27.1 Å². The summed E-state index contributed by atoms with van der Waals surface area (Å²) in [7, 11) is 0. The molecule has 156 valence electrons. The van der Waals surface area contributed by atoms with Crippen molar-refractivity contribution in [1.29, 1.82) is 0 Å². The van der Waals surface area contributed by atoms with Gasteiger partial charge in [0.2, 0.25) is 0 Å². The highest BCUT2D eigenvalue weighted by molar-refractivity contribution is 9.10. The molecule has 0 aliphatic carbocycles. The molecule has 0 saturated carbocycles. The zero-order chi connectivity index (χ0) is 21.3. The number of hydrogen-bond donors (Lipinski definition) is 1. The van der Waals surface area contributed by atoms with Crippen LogP contribution in [0.1, 0.15) is 55.3 Å². The second kappa shape index (κ2) is 8.18. The minimum atomic E-state index is -0.549. The Morgan fingerprint density at radius 3 is 2.69 bits per heavy atom. The standard InChI is InChI=1S/C21H27BrN4O3/c1-6-26-17-10-11-25(20(28)29-21(3,4)5)12-16(17)23-18(26)19(27)24-15-9-7-8-14(22)13(15)2/h7-9H,6,10-12H2,1-5H3,(H,24,27). The van der Waals surface area contributed by atoms with Gasteiger partial charge in [-0.3, -0.25) is 4.79 Å². The molecule has 1 aliphatic rings. The minimum Gasteiger partial charge on any atom is -0.444 e. The molecule has 1 N–H and O–H groups in total. The molecular weight excluding hydrogens is 436 g/mol. The maximum atomic E-state index is 13.0. The molecule has 2 amide bonds. The number of carbonyl (C=O) groups is 2. The van der Waals surface area contributed by atoms with Crippen LogP contribution in [0.4, 0.5) is 10.5 Å². The number of anilines is 1. The van der Waals surface area contributed by atoms with Gasteiger partial charge in [-0.2, -0.15) is 0 Å². The number of carbonyl (C=O) groups excluding carboxylic acids is 2. The fraction of sp³-hybridized carbons (Fsp3) is 0.476. The molecule has 3 rings (SSSR count). The Bertz CT molecular complexity index is 946. The van der Waals surface area contributed by atoms with Gasteiger partial charge < -0.3 is 19.5 Å². The van der Waals surface area contributed by atoms with Crippen molar-refractivity contribution in [2.75, 3.05) is 11.9 Å². The van der Waals surface area contributed by atoms with Crippen LogP contribution in [0.2, 0.25) is 0 Å². The lowest BCUT2D eigenvalue weighted by atomic mass is 10.1. The van der Waals surface area contributed by atoms with Crippen LogP contribution in [-0.4, -0.2) is 38.6 Å². The Hall–Kier alpha value is -2.35. The molecule has 2 heterocycles. The van der Waals surface area contributed by atoms with Crippen LogP contribution < -0.4 is 5.32 Å². The van der Waals surface area contributed by atoms with Crippen LogP contribution in [0.5, 0.6) is 0 Å². The molecule has 7 nitrogen and oxygen atoms in total. The summed E-state index contributed by atoms with van der Waals surface area (Å²) in [6.07, 6.45) is 0.281. The van der Waals surface area contributed by atoms with E-state index < -0.39 is 5.60 Å². The summed E-state index contributed by atoms with van der Waals surface area (Å²) in [5, 5.41) is 2.96. The van der Waals surface area contributed by atoms with Gasteiger partial charge >= 0.3 is 6.09 Å². The predicted molar refractivity (Wildman–Crippen MR) is 115 cm³/mol. The van der Waals surface area contributed by atoms with Crippen LogP contribution in [0.3, 0.4) is 0 Å². The zero-order valence-corrected chi connectivity index (χ0v) is 19.1. The third kappa shape index (κ3) is 4.63. The molecule has 0 unspecified atom stereocenters. The molecule has 0 bridgehead atoms. The molecule has 0 radical (unpaired) electrons. The summed E-state index contributed by atoms with van der Waals surface area (Å²) in [5.41, 5.74) is 2.90. The molecule has 29 heavy (non-hydrogen) atoms. The average Bonchev–Trinajstić information content (AvgIpc) is 3.02. The van der Waals surface area contributed by atoms with Crippen LogP contribution >= 0.6 is 15.9 Å². The summed E-state index contributed by atoms with van der Waals surface area (Å²) < 4.78 is 8.34. The van der Waals surface area contributed by atoms with Crippen molar-refractivity contribution in [2.24, 2.45) is 0 Å². The number of hydrogen-bond acceptors (Lipinski definition) is 4. The molecule has 8 heteroatoms. The molecule has 1 aliphatic heterocycles.